The minimum absolute atomic E-state index is 0.0432. The van der Waals surface area contributed by atoms with Crippen LogP contribution >= 0.6 is 0 Å². The van der Waals surface area contributed by atoms with Gasteiger partial charge in [-0.25, -0.2) is 4.79 Å². The van der Waals surface area contributed by atoms with Crippen molar-refractivity contribution in [3.8, 4) is 0 Å². The number of nitrogens with one attached hydrogen (secondary N) is 1. The third-order valence-corrected chi connectivity index (χ3v) is 4.30. The number of ether oxygens (including phenoxy) is 2. The number of nitrogens with zero attached hydrogens (tertiary/aromatic N) is 1. The molecule has 19 heavy (non-hydrogen) atoms. The van der Waals surface area contributed by atoms with E-state index in [0.29, 0.717) is 18.4 Å². The number of piperazine rings is 1. The Bertz CT molecular complexity index is 353. The van der Waals surface area contributed by atoms with Gasteiger partial charge in [0.25, 0.3) is 0 Å². The van der Waals surface area contributed by atoms with Crippen LogP contribution in [0.4, 0.5) is 4.79 Å². The maximum absolute atomic E-state index is 11.6. The minimum atomic E-state index is -0.499. The van der Waals surface area contributed by atoms with Gasteiger partial charge in [-0.15, -0.1) is 0 Å². The summed E-state index contributed by atoms with van der Waals surface area (Å²) in [6, 6.07) is 0. The molecule has 1 saturated heterocycles. The van der Waals surface area contributed by atoms with Gasteiger partial charge in [-0.2, -0.15) is 0 Å². The molecule has 1 aliphatic heterocycles. The minimum Gasteiger partial charge on any atom is -0.433 e. The van der Waals surface area contributed by atoms with E-state index in [9.17, 15) is 4.79 Å². The van der Waals surface area contributed by atoms with Gasteiger partial charge >= 0.3 is 6.16 Å². The molecule has 5 nitrogen and oxygen atoms in total. The first-order chi connectivity index (χ1) is 9.31. The lowest BCUT2D eigenvalue weighted by Gasteiger charge is -2.26. The largest absolute Gasteiger partial charge is 0.508 e. The first-order valence-electron chi connectivity index (χ1n) is 7.26. The monoisotopic (exact) mass is 266 g/mol. The fourth-order valence-corrected chi connectivity index (χ4v) is 3.22. The fourth-order valence-electron chi connectivity index (χ4n) is 3.22. The number of carbonyl (C=O) groups is 1. The average molecular weight is 266 g/mol. The standard InChI is InChI=1S/C14H22N2O3/c17-14(18-8-7-16-5-3-15-4-6-16)19-13-10-11-1-2-12(13)9-11/h1-2,11-13,15H,3-10H2. The maximum atomic E-state index is 11.6. The molecule has 3 aliphatic rings. The quantitative estimate of drug-likeness (QED) is 0.608. The highest BCUT2D eigenvalue weighted by atomic mass is 16.7. The molecule has 1 saturated carbocycles. The third kappa shape index (κ3) is 3.28. The van der Waals surface area contributed by atoms with Crippen LogP contribution in [0.3, 0.4) is 0 Å². The van der Waals surface area contributed by atoms with Crippen LogP contribution in [0.15, 0.2) is 12.2 Å². The second kappa shape index (κ2) is 5.92. The van der Waals surface area contributed by atoms with Crippen molar-refractivity contribution in [2.75, 3.05) is 39.3 Å². The van der Waals surface area contributed by atoms with Crippen LogP contribution in [0.25, 0.3) is 0 Å². The molecule has 3 unspecified atom stereocenters. The molecule has 0 aromatic heterocycles. The summed E-state index contributed by atoms with van der Waals surface area (Å²) in [4.78, 5) is 13.9. The van der Waals surface area contributed by atoms with Gasteiger partial charge in [0.15, 0.2) is 0 Å². The van der Waals surface area contributed by atoms with Crippen LogP contribution in [-0.2, 0) is 9.47 Å². The van der Waals surface area contributed by atoms with Gasteiger partial charge in [0.1, 0.15) is 12.7 Å². The lowest BCUT2D eigenvalue weighted by Crippen LogP contribution is -2.44. The molecule has 2 bridgehead atoms. The first-order valence-corrected chi connectivity index (χ1v) is 7.26. The van der Waals surface area contributed by atoms with Crippen LogP contribution in [0.1, 0.15) is 12.8 Å². The summed E-state index contributed by atoms with van der Waals surface area (Å²) < 4.78 is 10.6. The topological polar surface area (TPSA) is 50.8 Å². The number of rotatable bonds is 4. The molecule has 0 radical (unpaired) electrons. The zero-order valence-corrected chi connectivity index (χ0v) is 11.2. The Labute approximate surface area is 113 Å². The van der Waals surface area contributed by atoms with Crippen molar-refractivity contribution in [1.29, 1.82) is 0 Å². The molecule has 0 spiro atoms. The zero-order valence-electron chi connectivity index (χ0n) is 11.2. The second-order valence-electron chi connectivity index (χ2n) is 5.63. The van der Waals surface area contributed by atoms with E-state index in [0.717, 1.165) is 45.6 Å². The molecule has 0 amide bonds. The summed E-state index contributed by atoms with van der Waals surface area (Å²) in [5.41, 5.74) is 0. The molecule has 106 valence electrons. The van der Waals surface area contributed by atoms with Crippen LogP contribution < -0.4 is 5.32 Å². The highest BCUT2D eigenvalue weighted by molar-refractivity contribution is 5.60. The Morgan fingerprint density at radius 3 is 2.79 bits per heavy atom. The molecule has 2 aliphatic carbocycles. The van der Waals surface area contributed by atoms with Crippen molar-refractivity contribution < 1.29 is 14.3 Å². The summed E-state index contributed by atoms with van der Waals surface area (Å²) in [6.45, 7) is 5.30. The lowest BCUT2D eigenvalue weighted by atomic mass is 10.1. The Kier molecular flexibility index (Phi) is 4.03. The molecule has 0 aromatic rings. The second-order valence-corrected chi connectivity index (χ2v) is 5.63. The van der Waals surface area contributed by atoms with Crippen LogP contribution in [0, 0.1) is 11.8 Å². The molecule has 0 aromatic carbocycles. The van der Waals surface area contributed by atoms with Gasteiger partial charge in [0, 0.05) is 38.6 Å². The summed E-state index contributed by atoms with van der Waals surface area (Å²) in [5, 5.41) is 3.30. The van der Waals surface area contributed by atoms with E-state index in [4.69, 9.17) is 9.47 Å². The lowest BCUT2D eigenvalue weighted by molar-refractivity contribution is 0.0106. The van der Waals surface area contributed by atoms with Gasteiger partial charge in [-0.1, -0.05) is 12.2 Å². The Balaban J connectivity index is 1.32. The van der Waals surface area contributed by atoms with E-state index in [1.165, 1.54) is 0 Å². The highest BCUT2D eigenvalue weighted by Crippen LogP contribution is 2.40. The van der Waals surface area contributed by atoms with Crippen molar-refractivity contribution in [1.82, 2.24) is 10.2 Å². The first kappa shape index (κ1) is 12.9. The fraction of sp³-hybridized carbons (Fsp3) is 0.786. The molecule has 1 N–H and O–H groups in total. The van der Waals surface area contributed by atoms with E-state index < -0.39 is 6.16 Å². The highest BCUT2D eigenvalue weighted by Gasteiger charge is 2.38. The Morgan fingerprint density at radius 2 is 2.11 bits per heavy atom. The van der Waals surface area contributed by atoms with E-state index in [1.54, 1.807) is 0 Å². The van der Waals surface area contributed by atoms with Gasteiger partial charge < -0.3 is 14.8 Å². The summed E-state index contributed by atoms with van der Waals surface area (Å²) in [7, 11) is 0. The smallest absolute Gasteiger partial charge is 0.433 e. The van der Waals surface area contributed by atoms with E-state index >= 15 is 0 Å². The van der Waals surface area contributed by atoms with E-state index in [-0.39, 0.29) is 6.10 Å². The molecule has 2 fully saturated rings. The zero-order chi connectivity index (χ0) is 13.1. The normalized spacial score (nSPS) is 33.6. The van der Waals surface area contributed by atoms with Gasteiger partial charge in [0.2, 0.25) is 0 Å². The molecule has 3 rings (SSSR count). The third-order valence-electron chi connectivity index (χ3n) is 4.30. The van der Waals surface area contributed by atoms with Crippen molar-refractivity contribution >= 4 is 6.16 Å². The van der Waals surface area contributed by atoms with Crippen LogP contribution in [0.2, 0.25) is 0 Å². The molecular formula is C14H22N2O3. The molecule has 1 heterocycles. The SMILES string of the molecule is O=C(OCCN1CCNCC1)OC1CC2C=CC1C2. The molecule has 5 heteroatoms. The van der Waals surface area contributed by atoms with Gasteiger partial charge in [0.05, 0.1) is 0 Å². The molecular weight excluding hydrogens is 244 g/mol. The van der Waals surface area contributed by atoms with Crippen molar-refractivity contribution in [3.63, 3.8) is 0 Å². The average Bonchev–Trinajstić information content (AvgIpc) is 3.02. The van der Waals surface area contributed by atoms with Gasteiger partial charge in [-0.3, -0.25) is 4.90 Å². The number of fused-ring (bicyclic) bond motifs is 2. The van der Waals surface area contributed by atoms with E-state index in [2.05, 4.69) is 22.4 Å². The maximum Gasteiger partial charge on any atom is 0.508 e. The van der Waals surface area contributed by atoms with Crippen LogP contribution in [0.5, 0.6) is 0 Å². The molecule has 3 atom stereocenters. The predicted octanol–water partition coefficient (Wildman–Crippen LogP) is 1.01. The Morgan fingerprint density at radius 1 is 1.26 bits per heavy atom. The van der Waals surface area contributed by atoms with Crippen molar-refractivity contribution in [2.45, 2.75) is 18.9 Å². The number of carbonyl (C=O) groups excluding carboxylic acids is 1. The van der Waals surface area contributed by atoms with E-state index in [1.807, 2.05) is 0 Å². The van der Waals surface area contributed by atoms with Crippen molar-refractivity contribution in [2.24, 2.45) is 11.8 Å². The number of hydrogen-bond donors (Lipinski definition) is 1. The Hall–Kier alpha value is -1.07. The summed E-state index contributed by atoms with van der Waals surface area (Å²) in [5.74, 6) is 1.04. The predicted molar refractivity (Wildman–Crippen MR) is 70.9 cm³/mol. The summed E-state index contributed by atoms with van der Waals surface area (Å²) in [6.07, 6.45) is 6.06. The number of hydrogen-bond acceptors (Lipinski definition) is 5. The number of allylic oxidation sites excluding steroid dienone is 1. The summed E-state index contributed by atoms with van der Waals surface area (Å²) >= 11 is 0. The van der Waals surface area contributed by atoms with Crippen molar-refractivity contribution in [3.05, 3.63) is 12.2 Å². The van der Waals surface area contributed by atoms with Gasteiger partial charge in [-0.05, 0) is 18.8 Å². The van der Waals surface area contributed by atoms with Crippen LogP contribution in [-0.4, -0.2) is 56.5 Å².